The standard InChI is InChI=1S/C20H25N3O4S/c1-15-14-28-20(26)23(15)9-8-18(24)27-16(2)19(25)22-12-10-21(11-13-22)17-6-4-3-5-7-17/h3-7,14,16H,8-13H2,1-2H3. The lowest BCUT2D eigenvalue weighted by atomic mass is 10.2. The van der Waals surface area contributed by atoms with Gasteiger partial charge in [-0.2, -0.15) is 0 Å². The SMILES string of the molecule is Cc1csc(=O)n1CCC(=O)OC(C)C(=O)N1CCN(c2ccccc2)CC1. The fourth-order valence-corrected chi connectivity index (χ4v) is 4.03. The normalized spacial score (nSPS) is 15.4. The topological polar surface area (TPSA) is 71.8 Å². The number of carbonyl (C=O) groups excluding carboxylic acids is 2. The molecule has 0 radical (unpaired) electrons. The number of piperazine rings is 1. The summed E-state index contributed by atoms with van der Waals surface area (Å²) >= 11 is 1.11. The van der Waals surface area contributed by atoms with Crippen LogP contribution in [0.1, 0.15) is 19.0 Å². The van der Waals surface area contributed by atoms with E-state index in [0.717, 1.165) is 35.8 Å². The Bertz CT molecular complexity index is 869. The van der Waals surface area contributed by atoms with Gasteiger partial charge in [-0.1, -0.05) is 29.5 Å². The van der Waals surface area contributed by atoms with Gasteiger partial charge in [-0.15, -0.1) is 0 Å². The van der Waals surface area contributed by atoms with Gasteiger partial charge in [-0.05, 0) is 26.0 Å². The fourth-order valence-electron chi connectivity index (χ4n) is 3.27. The smallest absolute Gasteiger partial charge is 0.308 e. The number of hydrogen-bond donors (Lipinski definition) is 0. The van der Waals surface area contributed by atoms with Crippen LogP contribution in [0.25, 0.3) is 0 Å². The van der Waals surface area contributed by atoms with Crippen LogP contribution < -0.4 is 9.77 Å². The van der Waals surface area contributed by atoms with Crippen molar-refractivity contribution in [2.24, 2.45) is 0 Å². The van der Waals surface area contributed by atoms with Crippen LogP contribution in [0.2, 0.25) is 0 Å². The number of carbonyl (C=O) groups is 2. The van der Waals surface area contributed by atoms with Crippen molar-refractivity contribution in [3.05, 3.63) is 51.1 Å². The van der Waals surface area contributed by atoms with Crippen molar-refractivity contribution in [3.63, 3.8) is 0 Å². The Kier molecular flexibility index (Phi) is 6.51. The minimum atomic E-state index is -0.823. The van der Waals surface area contributed by atoms with Crippen LogP contribution >= 0.6 is 11.3 Å². The van der Waals surface area contributed by atoms with E-state index in [-0.39, 0.29) is 23.7 Å². The Hall–Kier alpha value is -2.61. The second-order valence-corrected chi connectivity index (χ2v) is 7.65. The predicted octanol–water partition coefficient (Wildman–Crippen LogP) is 1.89. The van der Waals surface area contributed by atoms with Crippen LogP contribution in [0.4, 0.5) is 5.69 Å². The summed E-state index contributed by atoms with van der Waals surface area (Å²) in [5, 5.41) is 1.76. The molecule has 0 aliphatic carbocycles. The zero-order chi connectivity index (χ0) is 20.1. The predicted molar refractivity (Wildman–Crippen MR) is 109 cm³/mol. The molecular weight excluding hydrogens is 378 g/mol. The van der Waals surface area contributed by atoms with Crippen LogP contribution in [-0.2, 0) is 20.9 Å². The van der Waals surface area contributed by atoms with Crippen LogP contribution in [0.5, 0.6) is 0 Å². The zero-order valence-electron chi connectivity index (χ0n) is 16.2. The number of aryl methyl sites for hydroxylation is 1. The van der Waals surface area contributed by atoms with Crippen LogP contribution in [0.3, 0.4) is 0 Å². The van der Waals surface area contributed by atoms with Crippen molar-refractivity contribution in [2.45, 2.75) is 32.9 Å². The van der Waals surface area contributed by atoms with Gasteiger partial charge in [0.2, 0.25) is 0 Å². The summed E-state index contributed by atoms with van der Waals surface area (Å²) in [7, 11) is 0. The Morgan fingerprint density at radius 1 is 1.14 bits per heavy atom. The highest BCUT2D eigenvalue weighted by Crippen LogP contribution is 2.16. The summed E-state index contributed by atoms with van der Waals surface area (Å²) in [5.74, 6) is -0.647. The van der Waals surface area contributed by atoms with Crippen molar-refractivity contribution in [1.82, 2.24) is 9.47 Å². The van der Waals surface area contributed by atoms with Crippen LogP contribution in [0, 0.1) is 6.92 Å². The molecule has 28 heavy (non-hydrogen) atoms. The lowest BCUT2D eigenvalue weighted by Gasteiger charge is -2.37. The fraction of sp³-hybridized carbons (Fsp3) is 0.450. The number of hydrogen-bond acceptors (Lipinski definition) is 6. The van der Waals surface area contributed by atoms with Crippen molar-refractivity contribution in [2.75, 3.05) is 31.1 Å². The molecule has 0 saturated carbocycles. The third-order valence-corrected chi connectivity index (χ3v) is 5.77. The number of benzene rings is 1. The van der Waals surface area contributed by atoms with Crippen molar-refractivity contribution < 1.29 is 14.3 Å². The van der Waals surface area contributed by atoms with Crippen molar-refractivity contribution in [1.29, 1.82) is 0 Å². The van der Waals surface area contributed by atoms with Gasteiger partial charge in [0.15, 0.2) is 6.10 Å². The summed E-state index contributed by atoms with van der Waals surface area (Å²) in [4.78, 5) is 40.2. The molecule has 150 valence electrons. The number of esters is 1. The minimum absolute atomic E-state index is 0.0664. The number of para-hydroxylation sites is 1. The number of rotatable bonds is 6. The number of aromatic nitrogens is 1. The largest absolute Gasteiger partial charge is 0.452 e. The molecule has 1 aliphatic heterocycles. The lowest BCUT2D eigenvalue weighted by molar-refractivity contribution is -0.159. The highest BCUT2D eigenvalue weighted by molar-refractivity contribution is 7.07. The molecule has 1 atom stereocenters. The first kappa shape index (κ1) is 20.1. The first-order valence-electron chi connectivity index (χ1n) is 9.39. The summed E-state index contributed by atoms with van der Waals surface area (Å²) in [5.41, 5.74) is 1.97. The molecule has 7 nitrogen and oxygen atoms in total. The molecule has 8 heteroatoms. The van der Waals surface area contributed by atoms with Gasteiger partial charge in [-0.3, -0.25) is 14.4 Å². The van der Waals surface area contributed by atoms with Gasteiger partial charge in [0.05, 0.1) is 6.42 Å². The number of anilines is 1. The third-order valence-electron chi connectivity index (χ3n) is 4.88. The summed E-state index contributed by atoms with van der Waals surface area (Å²) in [6, 6.07) is 10.1. The van der Waals surface area contributed by atoms with Gasteiger partial charge in [0, 0.05) is 49.5 Å². The summed E-state index contributed by atoms with van der Waals surface area (Å²) < 4.78 is 6.84. The molecule has 1 saturated heterocycles. The second-order valence-electron chi connectivity index (χ2n) is 6.82. The third kappa shape index (κ3) is 4.81. The molecule has 1 aromatic heterocycles. The highest BCUT2D eigenvalue weighted by Gasteiger charge is 2.27. The molecule has 1 unspecified atom stereocenters. The molecule has 3 rings (SSSR count). The van der Waals surface area contributed by atoms with E-state index in [0.29, 0.717) is 13.1 Å². The molecular formula is C20H25N3O4S. The second kappa shape index (κ2) is 9.05. The maximum absolute atomic E-state index is 12.6. The first-order valence-corrected chi connectivity index (χ1v) is 10.3. The monoisotopic (exact) mass is 403 g/mol. The molecule has 1 fully saturated rings. The molecule has 2 heterocycles. The minimum Gasteiger partial charge on any atom is -0.452 e. The van der Waals surface area contributed by atoms with Gasteiger partial charge in [-0.25, -0.2) is 0 Å². The first-order chi connectivity index (χ1) is 13.5. The van der Waals surface area contributed by atoms with Crippen LogP contribution in [0.15, 0.2) is 40.5 Å². The maximum Gasteiger partial charge on any atom is 0.308 e. The van der Waals surface area contributed by atoms with Crippen LogP contribution in [-0.4, -0.2) is 53.6 Å². The van der Waals surface area contributed by atoms with E-state index < -0.39 is 12.1 Å². The van der Waals surface area contributed by atoms with E-state index in [4.69, 9.17) is 4.74 Å². The Labute approximate surface area is 168 Å². The Morgan fingerprint density at radius 2 is 1.82 bits per heavy atom. The zero-order valence-corrected chi connectivity index (χ0v) is 17.0. The van der Waals surface area contributed by atoms with Gasteiger partial charge in [0.25, 0.3) is 5.91 Å². The molecule has 1 amide bonds. The van der Waals surface area contributed by atoms with E-state index in [1.54, 1.807) is 21.8 Å². The Balaban J connectivity index is 1.45. The lowest BCUT2D eigenvalue weighted by Crippen LogP contribution is -2.51. The molecule has 0 spiro atoms. The molecule has 1 aliphatic rings. The van der Waals surface area contributed by atoms with Crippen molar-refractivity contribution >= 4 is 28.9 Å². The van der Waals surface area contributed by atoms with E-state index in [1.807, 2.05) is 25.1 Å². The average Bonchev–Trinajstić information content (AvgIpc) is 3.04. The quantitative estimate of drug-likeness (QED) is 0.689. The number of amides is 1. The van der Waals surface area contributed by atoms with Crippen molar-refractivity contribution in [3.8, 4) is 0 Å². The Morgan fingerprint density at radius 3 is 2.43 bits per heavy atom. The van der Waals surface area contributed by atoms with E-state index in [1.165, 1.54) is 0 Å². The van der Waals surface area contributed by atoms with E-state index in [9.17, 15) is 14.4 Å². The molecule has 2 aromatic rings. The number of thiazole rings is 1. The summed E-state index contributed by atoms with van der Waals surface area (Å²) in [6.45, 7) is 6.38. The number of nitrogens with zero attached hydrogens (tertiary/aromatic N) is 3. The maximum atomic E-state index is 12.6. The van der Waals surface area contributed by atoms with Gasteiger partial charge in [0.1, 0.15) is 0 Å². The van der Waals surface area contributed by atoms with E-state index >= 15 is 0 Å². The number of ether oxygens (including phenoxy) is 1. The molecule has 1 aromatic carbocycles. The van der Waals surface area contributed by atoms with Gasteiger partial charge >= 0.3 is 10.8 Å². The van der Waals surface area contributed by atoms with Gasteiger partial charge < -0.3 is 19.1 Å². The average molecular weight is 404 g/mol. The highest BCUT2D eigenvalue weighted by atomic mass is 32.1. The molecule has 0 N–H and O–H groups in total. The summed E-state index contributed by atoms with van der Waals surface area (Å²) in [6.07, 6.45) is -0.757. The van der Waals surface area contributed by atoms with E-state index in [2.05, 4.69) is 17.0 Å². The molecule has 0 bridgehead atoms.